The number of piperidine rings is 1. The summed E-state index contributed by atoms with van der Waals surface area (Å²) in [6.45, 7) is 3.29. The summed E-state index contributed by atoms with van der Waals surface area (Å²) >= 11 is 0. The van der Waals surface area contributed by atoms with Gasteiger partial charge in [-0.05, 0) is 43.7 Å². The molecule has 1 N–H and O–H groups in total. The Morgan fingerprint density at radius 3 is 2.69 bits per heavy atom. The fourth-order valence-electron chi connectivity index (χ4n) is 4.74. The van der Waals surface area contributed by atoms with Crippen LogP contribution in [0.4, 0.5) is 24.9 Å². The molecule has 1 aliphatic heterocycles. The Bertz CT molecular complexity index is 1090. The van der Waals surface area contributed by atoms with Crippen molar-refractivity contribution in [3.05, 3.63) is 36.4 Å². The normalized spacial score (nSPS) is 23.0. The third kappa shape index (κ3) is 4.28. The Kier molecular flexibility index (Phi) is 5.26. The summed E-state index contributed by atoms with van der Waals surface area (Å²) in [7, 11) is 0. The van der Waals surface area contributed by atoms with Gasteiger partial charge in [-0.2, -0.15) is 18.2 Å². The highest BCUT2D eigenvalue weighted by Crippen LogP contribution is 2.39. The molecule has 2 aliphatic rings. The van der Waals surface area contributed by atoms with Gasteiger partial charge in [-0.1, -0.05) is 0 Å². The van der Waals surface area contributed by atoms with Gasteiger partial charge in [-0.15, -0.1) is 5.10 Å². The van der Waals surface area contributed by atoms with E-state index in [1.807, 2.05) is 13.0 Å². The number of nitrogens with zero attached hydrogens (tertiary/aromatic N) is 6. The van der Waals surface area contributed by atoms with Crippen LogP contribution in [0.5, 0.6) is 5.75 Å². The average Bonchev–Trinajstić information content (AvgIpc) is 3.24. The molecule has 0 radical (unpaired) electrons. The van der Waals surface area contributed by atoms with Gasteiger partial charge in [0.05, 0.1) is 13.0 Å². The van der Waals surface area contributed by atoms with E-state index in [4.69, 9.17) is 4.74 Å². The van der Waals surface area contributed by atoms with Crippen LogP contribution in [0, 0.1) is 18.8 Å². The highest BCUT2D eigenvalue weighted by atomic mass is 19.4. The first-order chi connectivity index (χ1) is 15.4. The van der Waals surface area contributed by atoms with Crippen molar-refractivity contribution in [1.29, 1.82) is 0 Å². The molecule has 2 bridgehead atoms. The Morgan fingerprint density at radius 2 is 1.97 bits per heavy atom. The molecule has 5 rings (SSSR count). The summed E-state index contributed by atoms with van der Waals surface area (Å²) in [5, 5.41) is 7.95. The third-order valence-electron chi connectivity index (χ3n) is 6.21. The van der Waals surface area contributed by atoms with Crippen LogP contribution in [0.15, 0.2) is 30.7 Å². The number of halogens is 3. The van der Waals surface area contributed by atoms with Crippen molar-refractivity contribution >= 4 is 17.4 Å². The number of hydrogen-bond donors (Lipinski definition) is 1. The first-order valence-corrected chi connectivity index (χ1v) is 10.7. The molecule has 0 aromatic carbocycles. The molecule has 0 amide bonds. The van der Waals surface area contributed by atoms with Crippen LogP contribution in [-0.2, 0) is 0 Å². The number of aryl methyl sites for hydroxylation is 1. The Hall–Kier alpha value is -3.11. The second-order valence-electron chi connectivity index (χ2n) is 8.48. The second kappa shape index (κ2) is 8.10. The number of anilines is 2. The van der Waals surface area contributed by atoms with Gasteiger partial charge in [0.25, 0.3) is 0 Å². The van der Waals surface area contributed by atoms with Crippen molar-refractivity contribution in [1.82, 2.24) is 24.6 Å². The summed E-state index contributed by atoms with van der Waals surface area (Å²) in [6.07, 6.45) is 0.264. The fraction of sp³-hybridized carbons (Fsp3) is 0.524. The lowest BCUT2D eigenvalue weighted by molar-refractivity contribution is -0.139. The average molecular weight is 447 g/mol. The van der Waals surface area contributed by atoms with Crippen LogP contribution >= 0.6 is 0 Å². The van der Waals surface area contributed by atoms with Gasteiger partial charge in [0.1, 0.15) is 12.1 Å². The maximum absolute atomic E-state index is 12.4. The predicted octanol–water partition coefficient (Wildman–Crippen LogP) is 3.49. The molecular formula is C21H24F3N7O. The van der Waals surface area contributed by atoms with E-state index in [2.05, 4.69) is 30.3 Å². The number of alkyl halides is 3. The van der Waals surface area contributed by atoms with Crippen molar-refractivity contribution in [3.63, 3.8) is 0 Å². The summed E-state index contributed by atoms with van der Waals surface area (Å²) in [6, 6.07) is 5.54. The fourth-order valence-corrected chi connectivity index (χ4v) is 4.74. The monoisotopic (exact) mass is 447 g/mol. The van der Waals surface area contributed by atoms with Gasteiger partial charge < -0.3 is 15.0 Å². The molecule has 1 saturated carbocycles. The molecule has 4 heterocycles. The molecule has 3 aromatic heterocycles. The molecule has 0 spiro atoms. The van der Waals surface area contributed by atoms with Crippen molar-refractivity contribution in [2.24, 2.45) is 11.8 Å². The Balaban J connectivity index is 1.28. The number of aromatic nitrogens is 5. The lowest BCUT2D eigenvalue weighted by atomic mass is 9.92. The van der Waals surface area contributed by atoms with E-state index >= 15 is 0 Å². The highest BCUT2D eigenvalue weighted by molar-refractivity contribution is 5.56. The van der Waals surface area contributed by atoms with E-state index in [0.29, 0.717) is 23.4 Å². The summed E-state index contributed by atoms with van der Waals surface area (Å²) in [5.41, 5.74) is 1.35. The van der Waals surface area contributed by atoms with Gasteiger partial charge in [0, 0.05) is 37.1 Å². The van der Waals surface area contributed by atoms with E-state index in [-0.39, 0.29) is 11.8 Å². The largest absolute Gasteiger partial charge is 0.489 e. The van der Waals surface area contributed by atoms with E-state index in [9.17, 15) is 13.2 Å². The molecule has 11 heteroatoms. The summed E-state index contributed by atoms with van der Waals surface area (Å²) in [5.74, 6) is 2.56. The SMILES string of the molecule is Cc1cc(N2C[C@H]3CC[C@@H](C2)C3Nc2nc3c(OCCC(F)(F)F)cccn3n2)ncn1. The van der Waals surface area contributed by atoms with Crippen LogP contribution < -0.4 is 15.0 Å². The zero-order chi connectivity index (χ0) is 22.3. The van der Waals surface area contributed by atoms with E-state index < -0.39 is 19.2 Å². The third-order valence-corrected chi connectivity index (χ3v) is 6.21. The van der Waals surface area contributed by atoms with Crippen molar-refractivity contribution in [3.8, 4) is 5.75 Å². The van der Waals surface area contributed by atoms with Gasteiger partial charge in [-0.3, -0.25) is 0 Å². The molecule has 3 atom stereocenters. The quantitative estimate of drug-likeness (QED) is 0.620. The number of rotatable bonds is 6. The first-order valence-electron chi connectivity index (χ1n) is 10.7. The molecule has 3 aromatic rings. The topological polar surface area (TPSA) is 80.5 Å². The predicted molar refractivity (Wildman–Crippen MR) is 112 cm³/mol. The van der Waals surface area contributed by atoms with Gasteiger partial charge in [-0.25, -0.2) is 14.5 Å². The maximum atomic E-state index is 12.4. The Morgan fingerprint density at radius 1 is 1.19 bits per heavy atom. The van der Waals surface area contributed by atoms with E-state index in [0.717, 1.165) is 37.4 Å². The van der Waals surface area contributed by atoms with E-state index in [1.54, 1.807) is 24.7 Å². The molecule has 1 unspecified atom stereocenters. The minimum Gasteiger partial charge on any atom is -0.489 e. The molecular weight excluding hydrogens is 423 g/mol. The van der Waals surface area contributed by atoms with Gasteiger partial charge in [0.15, 0.2) is 11.4 Å². The molecule has 170 valence electrons. The van der Waals surface area contributed by atoms with Crippen LogP contribution in [0.25, 0.3) is 5.65 Å². The number of fused-ring (bicyclic) bond motifs is 3. The highest BCUT2D eigenvalue weighted by Gasteiger charge is 2.43. The molecule has 1 saturated heterocycles. The van der Waals surface area contributed by atoms with Crippen LogP contribution in [0.2, 0.25) is 0 Å². The van der Waals surface area contributed by atoms with Crippen LogP contribution in [-0.4, -0.2) is 56.5 Å². The van der Waals surface area contributed by atoms with Crippen molar-refractivity contribution in [2.45, 2.75) is 38.4 Å². The summed E-state index contributed by atoms with van der Waals surface area (Å²) in [4.78, 5) is 15.4. The smallest absolute Gasteiger partial charge is 0.392 e. The summed E-state index contributed by atoms with van der Waals surface area (Å²) < 4.78 is 44.2. The van der Waals surface area contributed by atoms with Crippen LogP contribution in [0.3, 0.4) is 0 Å². The van der Waals surface area contributed by atoms with Gasteiger partial charge >= 0.3 is 6.18 Å². The standard InChI is InChI=1S/C21H24F3N7O/c1-13-9-17(26-12-25-13)30-10-14-4-5-15(11-30)18(14)27-20-28-19-16(3-2-7-31(19)29-20)32-8-6-21(22,23)24/h2-3,7,9,12,14-15,18H,4-6,8,10-11H2,1H3,(H,27,29)/t14-,15+,18?. The number of ether oxygens (including phenoxy) is 1. The molecule has 8 nitrogen and oxygen atoms in total. The Labute approximate surface area is 182 Å². The lowest BCUT2D eigenvalue weighted by Crippen LogP contribution is -2.48. The second-order valence-corrected chi connectivity index (χ2v) is 8.48. The van der Waals surface area contributed by atoms with Crippen molar-refractivity contribution in [2.75, 3.05) is 29.9 Å². The number of hydrogen-bond acceptors (Lipinski definition) is 7. The van der Waals surface area contributed by atoms with Crippen molar-refractivity contribution < 1.29 is 17.9 Å². The first kappa shape index (κ1) is 20.8. The minimum absolute atomic E-state index is 0.237. The number of nitrogens with one attached hydrogen (secondary N) is 1. The number of pyridine rings is 1. The van der Waals surface area contributed by atoms with Crippen LogP contribution in [0.1, 0.15) is 25.0 Å². The maximum Gasteiger partial charge on any atom is 0.392 e. The molecule has 32 heavy (non-hydrogen) atoms. The van der Waals surface area contributed by atoms with Gasteiger partial charge in [0.2, 0.25) is 5.95 Å². The minimum atomic E-state index is -4.26. The zero-order valence-electron chi connectivity index (χ0n) is 17.6. The van der Waals surface area contributed by atoms with E-state index in [1.165, 1.54) is 4.52 Å². The lowest BCUT2D eigenvalue weighted by Gasteiger charge is -2.38. The molecule has 2 fully saturated rings. The molecule has 1 aliphatic carbocycles. The zero-order valence-corrected chi connectivity index (χ0v) is 17.6.